The molecule has 1 rings (SSSR count). The van der Waals surface area contributed by atoms with Crippen molar-refractivity contribution < 1.29 is 14.5 Å². The lowest BCUT2D eigenvalue weighted by Gasteiger charge is -2.03. The van der Waals surface area contributed by atoms with Crippen LogP contribution in [0, 0.1) is 10.1 Å². The maximum absolute atomic E-state index is 11.2. The molecule has 0 aliphatic heterocycles. The lowest BCUT2D eigenvalue weighted by molar-refractivity contribution is -0.385. The molecule has 0 saturated carbocycles. The van der Waals surface area contributed by atoms with Gasteiger partial charge in [-0.05, 0) is 6.92 Å². The van der Waals surface area contributed by atoms with Gasteiger partial charge in [-0.25, -0.2) is 0 Å². The molecule has 0 aromatic carbocycles. The van der Waals surface area contributed by atoms with Gasteiger partial charge in [0.15, 0.2) is 0 Å². The molecule has 0 unspecified atom stereocenters. The van der Waals surface area contributed by atoms with E-state index in [1.165, 1.54) is 12.3 Å². The maximum atomic E-state index is 11.2. The number of hydrogen-bond donors (Lipinski definition) is 0. The van der Waals surface area contributed by atoms with Crippen molar-refractivity contribution in [2.75, 3.05) is 6.61 Å². The number of carbonyl (C=O) groups is 1. The minimum atomic E-state index is -0.627. The number of ether oxygens (including phenoxy) is 1. The highest BCUT2D eigenvalue weighted by molar-refractivity contribution is 6.32. The lowest BCUT2D eigenvalue weighted by Crippen LogP contribution is -2.14. The molecule has 6 nitrogen and oxygen atoms in total. The standard InChI is InChI=1S/C9H9BN2O4/c1-2-16-9(13)4-7-8(12(14)15)3-6(10)5-11-7/h3,5H,2,4H2,1H3. The van der Waals surface area contributed by atoms with Crippen LogP contribution < -0.4 is 5.46 Å². The molecule has 0 saturated heterocycles. The van der Waals surface area contributed by atoms with Crippen molar-refractivity contribution in [1.82, 2.24) is 4.98 Å². The van der Waals surface area contributed by atoms with Crippen LogP contribution in [0.1, 0.15) is 12.6 Å². The van der Waals surface area contributed by atoms with Gasteiger partial charge in [0.1, 0.15) is 13.5 Å². The Kier molecular flexibility index (Phi) is 3.99. The minimum Gasteiger partial charge on any atom is -0.466 e. The third-order valence-electron chi connectivity index (χ3n) is 1.78. The summed E-state index contributed by atoms with van der Waals surface area (Å²) in [6.07, 6.45) is 1.03. The number of aromatic nitrogens is 1. The van der Waals surface area contributed by atoms with Crippen molar-refractivity contribution >= 4 is 25.0 Å². The Morgan fingerprint density at radius 1 is 1.69 bits per heavy atom. The second-order valence-electron chi connectivity index (χ2n) is 2.97. The highest BCUT2D eigenvalue weighted by Crippen LogP contribution is 2.14. The van der Waals surface area contributed by atoms with Gasteiger partial charge in [-0.2, -0.15) is 0 Å². The molecule has 1 heterocycles. The van der Waals surface area contributed by atoms with Gasteiger partial charge in [-0.1, -0.05) is 5.46 Å². The highest BCUT2D eigenvalue weighted by atomic mass is 16.6. The number of nitro groups is 1. The SMILES string of the molecule is [B]c1cnc(CC(=O)OCC)c([N+](=O)[O-])c1. The molecule has 7 heteroatoms. The molecule has 2 radical (unpaired) electrons. The van der Waals surface area contributed by atoms with Crippen LogP contribution in [0.2, 0.25) is 0 Å². The van der Waals surface area contributed by atoms with E-state index in [0.717, 1.165) is 0 Å². The summed E-state index contributed by atoms with van der Waals surface area (Å²) in [6.45, 7) is 1.88. The summed E-state index contributed by atoms with van der Waals surface area (Å²) in [6, 6.07) is 1.17. The largest absolute Gasteiger partial charge is 0.466 e. The van der Waals surface area contributed by atoms with Crippen LogP contribution >= 0.6 is 0 Å². The summed E-state index contributed by atoms with van der Waals surface area (Å²) in [5.74, 6) is -0.553. The van der Waals surface area contributed by atoms with Crippen LogP contribution in [0.4, 0.5) is 5.69 Å². The van der Waals surface area contributed by atoms with Crippen molar-refractivity contribution in [3.63, 3.8) is 0 Å². The van der Waals surface area contributed by atoms with Crippen LogP contribution in [-0.4, -0.2) is 30.3 Å². The van der Waals surface area contributed by atoms with Crippen LogP contribution in [0.5, 0.6) is 0 Å². The highest BCUT2D eigenvalue weighted by Gasteiger charge is 2.18. The fourth-order valence-corrected chi connectivity index (χ4v) is 1.14. The second-order valence-corrected chi connectivity index (χ2v) is 2.97. The van der Waals surface area contributed by atoms with Gasteiger partial charge in [0.2, 0.25) is 0 Å². The van der Waals surface area contributed by atoms with Gasteiger partial charge in [0.05, 0.1) is 18.0 Å². The minimum absolute atomic E-state index is 0.0534. The summed E-state index contributed by atoms with van der Waals surface area (Å²) < 4.78 is 4.68. The molecule has 0 spiro atoms. The number of pyridine rings is 1. The Hall–Kier alpha value is -1.92. The number of rotatable bonds is 4. The number of nitrogens with zero attached hydrogens (tertiary/aromatic N) is 2. The summed E-state index contributed by atoms with van der Waals surface area (Å²) in [7, 11) is 5.37. The summed E-state index contributed by atoms with van der Waals surface area (Å²) >= 11 is 0. The van der Waals surface area contributed by atoms with Gasteiger partial charge in [-0.3, -0.25) is 19.9 Å². The lowest BCUT2D eigenvalue weighted by atomic mass is 9.97. The smallest absolute Gasteiger partial charge is 0.312 e. The van der Waals surface area contributed by atoms with Gasteiger partial charge < -0.3 is 4.74 Å². The average Bonchev–Trinajstić information content (AvgIpc) is 2.20. The van der Waals surface area contributed by atoms with Crippen LogP contribution in [0.25, 0.3) is 0 Å². The Morgan fingerprint density at radius 2 is 2.38 bits per heavy atom. The van der Waals surface area contributed by atoms with Gasteiger partial charge in [0, 0.05) is 12.3 Å². The summed E-state index contributed by atoms with van der Waals surface area (Å²) in [4.78, 5) is 25.0. The maximum Gasteiger partial charge on any atom is 0.312 e. The molecular weight excluding hydrogens is 211 g/mol. The molecule has 0 amide bonds. The first-order valence-corrected chi connectivity index (χ1v) is 4.59. The quantitative estimate of drug-likeness (QED) is 0.306. The van der Waals surface area contributed by atoms with E-state index in [1.807, 2.05) is 0 Å². The third-order valence-corrected chi connectivity index (χ3v) is 1.78. The molecule has 1 aromatic rings. The molecule has 82 valence electrons. The number of carbonyl (C=O) groups excluding carboxylic acids is 1. The summed E-state index contributed by atoms with van der Waals surface area (Å²) in [5, 5.41) is 10.7. The Bertz CT molecular complexity index is 422. The summed E-state index contributed by atoms with van der Waals surface area (Å²) in [5.41, 5.74) is -0.0370. The topological polar surface area (TPSA) is 82.3 Å². The fourth-order valence-electron chi connectivity index (χ4n) is 1.14. The van der Waals surface area contributed by atoms with Gasteiger partial charge >= 0.3 is 5.97 Å². The van der Waals surface area contributed by atoms with Crippen molar-refractivity contribution in [2.24, 2.45) is 0 Å². The van der Waals surface area contributed by atoms with Crippen LogP contribution in [0.3, 0.4) is 0 Å². The molecule has 0 aliphatic carbocycles. The first kappa shape index (κ1) is 12.2. The fraction of sp³-hybridized carbons (Fsp3) is 0.333. The second kappa shape index (κ2) is 5.25. The molecule has 0 N–H and O–H groups in total. The predicted octanol–water partition coefficient (Wildman–Crippen LogP) is -0.111. The van der Waals surface area contributed by atoms with E-state index in [1.54, 1.807) is 6.92 Å². The Labute approximate surface area is 93.2 Å². The van der Waals surface area contributed by atoms with E-state index in [2.05, 4.69) is 9.72 Å². The van der Waals surface area contributed by atoms with Gasteiger partial charge in [-0.15, -0.1) is 0 Å². The van der Waals surface area contributed by atoms with E-state index >= 15 is 0 Å². The van der Waals surface area contributed by atoms with E-state index in [4.69, 9.17) is 7.85 Å². The monoisotopic (exact) mass is 220 g/mol. The predicted molar refractivity (Wildman–Crippen MR) is 56.6 cm³/mol. The number of hydrogen-bond acceptors (Lipinski definition) is 5. The first-order valence-electron chi connectivity index (χ1n) is 4.59. The van der Waals surface area contributed by atoms with Crippen molar-refractivity contribution in [2.45, 2.75) is 13.3 Å². The zero-order chi connectivity index (χ0) is 12.1. The van der Waals surface area contributed by atoms with E-state index in [0.29, 0.717) is 0 Å². The van der Waals surface area contributed by atoms with Crippen LogP contribution in [0.15, 0.2) is 12.3 Å². The normalized spacial score (nSPS) is 9.81. The molecule has 0 atom stereocenters. The molecule has 16 heavy (non-hydrogen) atoms. The molecule has 0 aliphatic rings. The molecular formula is C9H9BN2O4. The Morgan fingerprint density at radius 3 is 2.94 bits per heavy atom. The van der Waals surface area contributed by atoms with Crippen molar-refractivity contribution in [3.05, 3.63) is 28.1 Å². The van der Waals surface area contributed by atoms with Gasteiger partial charge in [0.25, 0.3) is 5.69 Å². The third kappa shape index (κ3) is 3.04. The Balaban J connectivity index is 2.95. The molecule has 1 aromatic heterocycles. The molecule has 0 bridgehead atoms. The van der Waals surface area contributed by atoms with Crippen molar-refractivity contribution in [1.29, 1.82) is 0 Å². The first-order chi connectivity index (χ1) is 7.54. The van der Waals surface area contributed by atoms with E-state index < -0.39 is 10.9 Å². The average molecular weight is 220 g/mol. The zero-order valence-corrected chi connectivity index (χ0v) is 8.67. The van der Waals surface area contributed by atoms with E-state index in [9.17, 15) is 14.9 Å². The zero-order valence-electron chi connectivity index (χ0n) is 8.67. The number of esters is 1. The van der Waals surface area contributed by atoms with E-state index in [-0.39, 0.29) is 29.9 Å². The van der Waals surface area contributed by atoms with Crippen LogP contribution in [-0.2, 0) is 16.0 Å². The van der Waals surface area contributed by atoms with Crippen molar-refractivity contribution in [3.8, 4) is 0 Å². The molecule has 0 fully saturated rings.